The number of hydrogen-bond acceptors (Lipinski definition) is 4. The number of nitrogens with zero attached hydrogens (tertiary/aromatic N) is 3. The number of methoxy groups -OCH3 is 1. The minimum Gasteiger partial charge on any atom is -0.474 e. The van der Waals surface area contributed by atoms with Crippen molar-refractivity contribution in [2.24, 2.45) is 0 Å². The molecule has 2 heterocycles. The standard InChI is InChI=1S/C18H24FN5O2S/c1-3-22-8-9-23(7-6-17(22)25)16-5-4-14(10-15(16)19)24-12-13(21-24)11-20-18(27)26-2/h4-5,10,12,21H,3,6-9,11H2,1-2H3,(H,20,27). The Kier molecular flexibility index (Phi) is 6.00. The van der Waals surface area contributed by atoms with E-state index in [1.54, 1.807) is 10.7 Å². The molecule has 0 saturated carbocycles. The summed E-state index contributed by atoms with van der Waals surface area (Å²) in [6, 6.07) is 5.12. The number of amides is 1. The number of ether oxygens (including phenoxy) is 1. The monoisotopic (exact) mass is 393 g/mol. The van der Waals surface area contributed by atoms with E-state index in [0.29, 0.717) is 55.7 Å². The van der Waals surface area contributed by atoms with Gasteiger partial charge in [0.25, 0.3) is 5.17 Å². The van der Waals surface area contributed by atoms with Crippen LogP contribution in [0.2, 0.25) is 0 Å². The number of aromatic amines is 1. The third-order valence-electron chi connectivity index (χ3n) is 4.68. The summed E-state index contributed by atoms with van der Waals surface area (Å²) in [5.74, 6) is -0.173. The van der Waals surface area contributed by atoms with Crippen LogP contribution in [-0.4, -0.2) is 59.1 Å². The quantitative estimate of drug-likeness (QED) is 0.761. The number of carbonyl (C=O) groups excluding carboxylic acids is 1. The van der Waals surface area contributed by atoms with E-state index in [9.17, 15) is 9.18 Å². The van der Waals surface area contributed by atoms with Crippen molar-refractivity contribution >= 4 is 29.0 Å². The second kappa shape index (κ2) is 8.43. The highest BCUT2D eigenvalue weighted by Crippen LogP contribution is 2.24. The Labute approximate surface area is 163 Å². The molecular formula is C18H24FN5O2S. The topological polar surface area (TPSA) is 65.5 Å². The van der Waals surface area contributed by atoms with E-state index in [2.05, 4.69) is 10.4 Å². The molecule has 0 bridgehead atoms. The molecular weight excluding hydrogens is 369 g/mol. The first-order valence-electron chi connectivity index (χ1n) is 8.92. The van der Waals surface area contributed by atoms with Crippen LogP contribution in [0.15, 0.2) is 24.4 Å². The number of thiocarbonyl (C=S) groups is 1. The van der Waals surface area contributed by atoms with Gasteiger partial charge in [-0.1, -0.05) is 0 Å². The number of carbonyl (C=O) groups is 1. The maximum atomic E-state index is 14.7. The van der Waals surface area contributed by atoms with Crippen LogP contribution in [0.4, 0.5) is 10.1 Å². The third-order valence-corrected chi connectivity index (χ3v) is 4.99. The predicted molar refractivity (Wildman–Crippen MR) is 106 cm³/mol. The van der Waals surface area contributed by atoms with Crippen LogP contribution in [0.1, 0.15) is 19.0 Å². The molecule has 7 nitrogen and oxygen atoms in total. The first kappa shape index (κ1) is 19.2. The third kappa shape index (κ3) is 4.41. The average molecular weight is 393 g/mol. The van der Waals surface area contributed by atoms with Gasteiger partial charge in [-0.2, -0.15) is 0 Å². The fraction of sp³-hybridized carbons (Fsp3) is 0.444. The van der Waals surface area contributed by atoms with Crippen molar-refractivity contribution in [3.8, 4) is 5.69 Å². The van der Waals surface area contributed by atoms with Gasteiger partial charge in [0.1, 0.15) is 5.82 Å². The average Bonchev–Trinajstić information content (AvgIpc) is 2.81. The van der Waals surface area contributed by atoms with Gasteiger partial charge in [0.15, 0.2) is 0 Å². The Morgan fingerprint density at radius 1 is 1.37 bits per heavy atom. The lowest BCUT2D eigenvalue weighted by Gasteiger charge is -2.24. The molecule has 146 valence electrons. The van der Waals surface area contributed by atoms with Crippen molar-refractivity contribution in [3.05, 3.63) is 35.9 Å². The van der Waals surface area contributed by atoms with Gasteiger partial charge in [0.2, 0.25) is 5.91 Å². The molecule has 1 amide bonds. The minimum absolute atomic E-state index is 0.126. The number of rotatable bonds is 5. The van der Waals surface area contributed by atoms with E-state index in [1.807, 2.05) is 29.0 Å². The van der Waals surface area contributed by atoms with E-state index < -0.39 is 0 Å². The van der Waals surface area contributed by atoms with Gasteiger partial charge in [-0.25, -0.2) is 4.39 Å². The highest BCUT2D eigenvalue weighted by Gasteiger charge is 2.21. The number of hydrogen-bond donors (Lipinski definition) is 2. The molecule has 1 saturated heterocycles. The summed E-state index contributed by atoms with van der Waals surface area (Å²) >= 11 is 4.91. The fourth-order valence-corrected chi connectivity index (χ4v) is 3.19. The van der Waals surface area contributed by atoms with Crippen molar-refractivity contribution in [3.63, 3.8) is 0 Å². The number of aromatic nitrogens is 2. The molecule has 1 aliphatic rings. The van der Waals surface area contributed by atoms with Gasteiger partial charge in [0, 0.05) is 44.9 Å². The van der Waals surface area contributed by atoms with Crippen LogP contribution < -0.4 is 10.2 Å². The molecule has 3 rings (SSSR count). The van der Waals surface area contributed by atoms with Crippen molar-refractivity contribution in [1.82, 2.24) is 20.0 Å². The summed E-state index contributed by atoms with van der Waals surface area (Å²) in [6.07, 6.45) is 2.27. The first-order chi connectivity index (χ1) is 13.0. The molecule has 0 atom stereocenters. The number of likely N-dealkylation sites (N-methyl/N-ethyl adjacent to an activating group) is 1. The van der Waals surface area contributed by atoms with Gasteiger partial charge in [-0.3, -0.25) is 14.6 Å². The Bertz CT molecular complexity index is 807. The van der Waals surface area contributed by atoms with Crippen LogP contribution in [0.25, 0.3) is 5.69 Å². The Morgan fingerprint density at radius 3 is 2.81 bits per heavy atom. The van der Waals surface area contributed by atoms with Crippen LogP contribution in [0.3, 0.4) is 0 Å². The predicted octanol–water partition coefficient (Wildman–Crippen LogP) is 2.02. The van der Waals surface area contributed by atoms with Gasteiger partial charge in [0.05, 0.1) is 30.7 Å². The Balaban J connectivity index is 1.66. The second-order valence-electron chi connectivity index (χ2n) is 6.33. The van der Waals surface area contributed by atoms with Gasteiger partial charge >= 0.3 is 0 Å². The van der Waals surface area contributed by atoms with E-state index in [1.165, 1.54) is 13.2 Å². The smallest absolute Gasteiger partial charge is 0.256 e. The maximum Gasteiger partial charge on any atom is 0.256 e. The number of nitrogens with one attached hydrogen (secondary N) is 2. The normalized spacial score (nSPS) is 15.0. The molecule has 2 N–H and O–H groups in total. The van der Waals surface area contributed by atoms with Crippen LogP contribution in [0.5, 0.6) is 0 Å². The van der Waals surface area contributed by atoms with Crippen LogP contribution >= 0.6 is 12.2 Å². The van der Waals surface area contributed by atoms with E-state index >= 15 is 0 Å². The molecule has 0 unspecified atom stereocenters. The molecule has 1 aromatic heterocycles. The summed E-state index contributed by atoms with van der Waals surface area (Å²) in [4.78, 5) is 15.8. The van der Waals surface area contributed by atoms with Crippen molar-refractivity contribution in [2.75, 3.05) is 38.2 Å². The van der Waals surface area contributed by atoms with E-state index in [4.69, 9.17) is 17.0 Å². The molecule has 0 radical (unpaired) electrons. The van der Waals surface area contributed by atoms with Gasteiger partial charge in [-0.15, -0.1) is 0 Å². The Hall–Kier alpha value is -2.55. The zero-order valence-corrected chi connectivity index (χ0v) is 16.3. The van der Waals surface area contributed by atoms with Crippen molar-refractivity contribution < 1.29 is 13.9 Å². The number of halogens is 1. The molecule has 1 aliphatic heterocycles. The SMILES string of the molecule is CCN1CCN(c2ccc(-n3cc(CNC(=S)OC)[nH]3)cc2F)CCC1=O. The second-order valence-corrected chi connectivity index (χ2v) is 6.70. The maximum absolute atomic E-state index is 14.7. The largest absolute Gasteiger partial charge is 0.474 e. The lowest BCUT2D eigenvalue weighted by molar-refractivity contribution is -0.130. The fourth-order valence-electron chi connectivity index (χ4n) is 3.11. The zero-order valence-electron chi connectivity index (χ0n) is 15.5. The molecule has 0 aliphatic carbocycles. The van der Waals surface area contributed by atoms with Gasteiger partial charge in [-0.05, 0) is 31.3 Å². The Morgan fingerprint density at radius 2 is 2.15 bits per heavy atom. The van der Waals surface area contributed by atoms with E-state index in [0.717, 1.165) is 5.69 Å². The molecule has 2 aromatic rings. The molecule has 1 fully saturated rings. The van der Waals surface area contributed by atoms with Crippen molar-refractivity contribution in [1.29, 1.82) is 0 Å². The highest BCUT2D eigenvalue weighted by atomic mass is 32.1. The molecule has 0 spiro atoms. The summed E-state index contributed by atoms with van der Waals surface area (Å²) in [6.45, 7) is 4.94. The molecule has 9 heteroatoms. The molecule has 1 aromatic carbocycles. The van der Waals surface area contributed by atoms with Gasteiger partial charge < -0.3 is 19.9 Å². The number of benzene rings is 1. The zero-order chi connectivity index (χ0) is 19.4. The summed E-state index contributed by atoms with van der Waals surface area (Å²) in [5.41, 5.74) is 2.15. The highest BCUT2D eigenvalue weighted by molar-refractivity contribution is 7.80. The van der Waals surface area contributed by atoms with Crippen molar-refractivity contribution in [2.45, 2.75) is 19.9 Å². The summed E-state index contributed by atoms with van der Waals surface area (Å²) in [5, 5.41) is 6.37. The summed E-state index contributed by atoms with van der Waals surface area (Å²) < 4.78 is 21.3. The minimum atomic E-state index is -0.299. The number of H-pyrrole nitrogens is 1. The van der Waals surface area contributed by atoms with Crippen LogP contribution in [-0.2, 0) is 16.1 Å². The lowest BCUT2D eigenvalue weighted by Crippen LogP contribution is -2.33. The molecule has 27 heavy (non-hydrogen) atoms. The number of anilines is 1. The lowest BCUT2D eigenvalue weighted by atomic mass is 10.2. The first-order valence-corrected chi connectivity index (χ1v) is 9.33. The van der Waals surface area contributed by atoms with Crippen LogP contribution in [0, 0.1) is 5.82 Å². The summed E-state index contributed by atoms with van der Waals surface area (Å²) in [7, 11) is 1.51. The van der Waals surface area contributed by atoms with E-state index in [-0.39, 0.29) is 11.7 Å².